The van der Waals surface area contributed by atoms with Crippen molar-refractivity contribution in [1.29, 1.82) is 5.26 Å². The van der Waals surface area contributed by atoms with E-state index in [1.807, 2.05) is 6.07 Å². The van der Waals surface area contributed by atoms with E-state index in [2.05, 4.69) is 10.3 Å². The molecule has 0 aliphatic carbocycles. The first-order valence-electron chi connectivity index (χ1n) is 7.63. The van der Waals surface area contributed by atoms with Crippen molar-refractivity contribution in [2.45, 2.75) is 6.18 Å². The fourth-order valence-corrected chi connectivity index (χ4v) is 3.09. The van der Waals surface area contributed by atoms with Crippen molar-refractivity contribution in [3.8, 4) is 17.3 Å². The van der Waals surface area contributed by atoms with E-state index in [1.54, 1.807) is 17.5 Å². The Morgan fingerprint density at radius 1 is 1.11 bits per heavy atom. The van der Waals surface area contributed by atoms with E-state index in [-0.39, 0.29) is 17.1 Å². The van der Waals surface area contributed by atoms with Gasteiger partial charge in [0.15, 0.2) is 0 Å². The Balaban J connectivity index is 1.87. The molecule has 1 aromatic heterocycles. The summed E-state index contributed by atoms with van der Waals surface area (Å²) in [6.45, 7) is 0. The standard InChI is InChI=1S/C19H11F4N3S/c20-14-7-5-12(6-8-14)17-11-27-18(26-17)13(9-24)10-25-16-4-2-1-3-15(16)19(21,22)23/h1-8,10-11,25H/b13-10+. The largest absolute Gasteiger partial charge is 0.418 e. The molecular formula is C19H11F4N3S. The quantitative estimate of drug-likeness (QED) is 0.443. The minimum Gasteiger partial charge on any atom is -0.360 e. The van der Waals surface area contributed by atoms with E-state index in [9.17, 15) is 22.8 Å². The van der Waals surface area contributed by atoms with Crippen molar-refractivity contribution in [3.63, 3.8) is 0 Å². The van der Waals surface area contributed by atoms with Crippen molar-refractivity contribution >= 4 is 22.6 Å². The second-order valence-electron chi connectivity index (χ2n) is 5.40. The molecule has 3 rings (SSSR count). The molecule has 136 valence electrons. The second-order valence-corrected chi connectivity index (χ2v) is 6.26. The highest BCUT2D eigenvalue weighted by Gasteiger charge is 2.33. The maximum absolute atomic E-state index is 13.0. The second kappa shape index (κ2) is 7.60. The molecule has 27 heavy (non-hydrogen) atoms. The number of nitriles is 1. The molecule has 0 unspecified atom stereocenters. The van der Waals surface area contributed by atoms with Crippen LogP contribution in [-0.4, -0.2) is 4.98 Å². The Kier molecular flexibility index (Phi) is 5.23. The molecule has 8 heteroatoms. The van der Waals surface area contributed by atoms with Crippen LogP contribution in [0.25, 0.3) is 16.8 Å². The molecule has 0 aliphatic heterocycles. The van der Waals surface area contributed by atoms with Crippen LogP contribution in [0.4, 0.5) is 23.2 Å². The first-order chi connectivity index (χ1) is 12.9. The number of halogens is 4. The van der Waals surface area contributed by atoms with Crippen LogP contribution >= 0.6 is 11.3 Å². The average molecular weight is 389 g/mol. The zero-order valence-electron chi connectivity index (χ0n) is 13.6. The first kappa shape index (κ1) is 18.6. The van der Waals surface area contributed by atoms with Gasteiger partial charge in [0.1, 0.15) is 22.5 Å². The van der Waals surface area contributed by atoms with Crippen LogP contribution in [0, 0.1) is 17.1 Å². The summed E-state index contributed by atoms with van der Waals surface area (Å²) in [6.07, 6.45) is -3.32. The van der Waals surface area contributed by atoms with Crippen LogP contribution < -0.4 is 5.32 Å². The lowest BCUT2D eigenvalue weighted by molar-refractivity contribution is -0.136. The number of thiazole rings is 1. The first-order valence-corrected chi connectivity index (χ1v) is 8.51. The zero-order valence-corrected chi connectivity index (χ0v) is 14.4. The molecule has 0 amide bonds. The van der Waals surface area contributed by atoms with Gasteiger partial charge in [0.25, 0.3) is 0 Å². The highest BCUT2D eigenvalue weighted by Crippen LogP contribution is 2.35. The molecule has 0 aliphatic rings. The van der Waals surface area contributed by atoms with Gasteiger partial charge in [-0.05, 0) is 36.4 Å². The number of nitrogens with zero attached hydrogens (tertiary/aromatic N) is 2. The third kappa shape index (κ3) is 4.33. The van der Waals surface area contributed by atoms with Gasteiger partial charge in [0.2, 0.25) is 0 Å². The lowest BCUT2D eigenvalue weighted by Crippen LogP contribution is -2.08. The summed E-state index contributed by atoms with van der Waals surface area (Å²) in [5, 5.41) is 13.9. The predicted molar refractivity (Wildman–Crippen MR) is 96.2 cm³/mol. The van der Waals surface area contributed by atoms with Gasteiger partial charge in [-0.2, -0.15) is 18.4 Å². The molecule has 1 N–H and O–H groups in total. The molecule has 2 aromatic carbocycles. The van der Waals surface area contributed by atoms with E-state index in [1.165, 1.54) is 47.9 Å². The van der Waals surface area contributed by atoms with E-state index < -0.39 is 11.7 Å². The maximum Gasteiger partial charge on any atom is 0.418 e. The van der Waals surface area contributed by atoms with Gasteiger partial charge in [0, 0.05) is 17.1 Å². The lowest BCUT2D eigenvalue weighted by Gasteiger charge is -2.12. The Hall–Kier alpha value is -3.18. The number of hydrogen-bond donors (Lipinski definition) is 1. The van der Waals surface area contributed by atoms with Gasteiger partial charge in [-0.1, -0.05) is 12.1 Å². The number of rotatable bonds is 4. The third-order valence-corrected chi connectivity index (χ3v) is 4.48. The van der Waals surface area contributed by atoms with Crippen LogP contribution in [0.3, 0.4) is 0 Å². The van der Waals surface area contributed by atoms with Crippen LogP contribution in [-0.2, 0) is 6.18 Å². The van der Waals surface area contributed by atoms with Crippen LogP contribution in [0.1, 0.15) is 10.6 Å². The smallest absolute Gasteiger partial charge is 0.360 e. The molecule has 0 spiro atoms. The molecule has 0 saturated heterocycles. The number of nitrogens with one attached hydrogen (secondary N) is 1. The maximum atomic E-state index is 13.0. The van der Waals surface area contributed by atoms with E-state index in [0.29, 0.717) is 16.3 Å². The van der Waals surface area contributed by atoms with Crippen molar-refractivity contribution in [3.05, 3.63) is 76.5 Å². The van der Waals surface area contributed by atoms with Gasteiger partial charge in [0.05, 0.1) is 16.9 Å². The van der Waals surface area contributed by atoms with Gasteiger partial charge in [-0.25, -0.2) is 9.37 Å². The molecule has 0 bridgehead atoms. The molecule has 0 fully saturated rings. The van der Waals surface area contributed by atoms with Crippen molar-refractivity contribution in [1.82, 2.24) is 4.98 Å². The lowest BCUT2D eigenvalue weighted by atomic mass is 10.1. The number of aromatic nitrogens is 1. The Morgan fingerprint density at radius 3 is 2.48 bits per heavy atom. The average Bonchev–Trinajstić information content (AvgIpc) is 3.12. The van der Waals surface area contributed by atoms with Crippen molar-refractivity contribution in [2.24, 2.45) is 0 Å². The van der Waals surface area contributed by atoms with Gasteiger partial charge < -0.3 is 5.32 Å². The monoisotopic (exact) mass is 389 g/mol. The number of hydrogen-bond acceptors (Lipinski definition) is 4. The van der Waals surface area contributed by atoms with Crippen molar-refractivity contribution < 1.29 is 17.6 Å². The predicted octanol–water partition coefficient (Wildman–Crippen LogP) is 5.94. The van der Waals surface area contributed by atoms with E-state index in [0.717, 1.165) is 6.07 Å². The molecular weight excluding hydrogens is 378 g/mol. The molecule has 0 radical (unpaired) electrons. The molecule has 0 saturated carbocycles. The molecule has 0 atom stereocenters. The van der Waals surface area contributed by atoms with Gasteiger partial charge >= 0.3 is 6.18 Å². The molecule has 1 heterocycles. The molecule has 3 nitrogen and oxygen atoms in total. The Labute approximate surface area is 156 Å². The number of para-hydroxylation sites is 1. The summed E-state index contributed by atoms with van der Waals surface area (Å²) in [5.41, 5.74) is 0.321. The Morgan fingerprint density at radius 2 is 1.81 bits per heavy atom. The minimum absolute atomic E-state index is 0.0883. The van der Waals surface area contributed by atoms with Crippen LogP contribution in [0.15, 0.2) is 60.1 Å². The summed E-state index contributed by atoms with van der Waals surface area (Å²) in [7, 11) is 0. The summed E-state index contributed by atoms with van der Waals surface area (Å²) in [4.78, 5) is 4.31. The number of alkyl halides is 3. The summed E-state index contributed by atoms with van der Waals surface area (Å²) >= 11 is 1.17. The van der Waals surface area contributed by atoms with E-state index in [4.69, 9.17) is 0 Å². The third-order valence-electron chi connectivity index (χ3n) is 3.60. The van der Waals surface area contributed by atoms with Gasteiger partial charge in [-0.3, -0.25) is 0 Å². The van der Waals surface area contributed by atoms with E-state index >= 15 is 0 Å². The minimum atomic E-state index is -4.51. The number of allylic oxidation sites excluding steroid dienone is 1. The SMILES string of the molecule is N#C/C(=C\Nc1ccccc1C(F)(F)F)c1nc(-c2ccc(F)cc2)cs1. The zero-order chi connectivity index (χ0) is 19.4. The highest BCUT2D eigenvalue weighted by atomic mass is 32.1. The Bertz CT molecular complexity index is 1010. The number of benzene rings is 2. The fraction of sp³-hybridized carbons (Fsp3) is 0.0526. The van der Waals surface area contributed by atoms with Gasteiger partial charge in [-0.15, -0.1) is 11.3 Å². The summed E-state index contributed by atoms with van der Waals surface area (Å²) < 4.78 is 52.1. The molecule has 3 aromatic rings. The van der Waals surface area contributed by atoms with Crippen LogP contribution in [0.2, 0.25) is 0 Å². The fourth-order valence-electron chi connectivity index (χ4n) is 2.30. The highest BCUT2D eigenvalue weighted by molar-refractivity contribution is 7.11. The summed E-state index contributed by atoms with van der Waals surface area (Å²) in [5.74, 6) is -0.376. The number of anilines is 1. The normalized spacial score (nSPS) is 11.9. The summed E-state index contributed by atoms with van der Waals surface area (Å²) in [6, 6.07) is 12.6. The topological polar surface area (TPSA) is 48.7 Å². The van der Waals surface area contributed by atoms with Crippen LogP contribution in [0.5, 0.6) is 0 Å². The van der Waals surface area contributed by atoms with Crippen molar-refractivity contribution in [2.75, 3.05) is 5.32 Å².